The lowest BCUT2D eigenvalue weighted by atomic mass is 10.2. The first-order valence-electron chi connectivity index (χ1n) is 6.08. The molecule has 0 radical (unpaired) electrons. The van der Waals surface area contributed by atoms with Crippen molar-refractivity contribution < 1.29 is 13.9 Å². The second kappa shape index (κ2) is 5.82. The number of aryl methyl sites for hydroxylation is 1. The summed E-state index contributed by atoms with van der Waals surface area (Å²) >= 11 is 0. The Morgan fingerprint density at radius 2 is 2.39 bits per heavy atom. The molecular weight excluding hydrogens is 235 g/mol. The van der Waals surface area contributed by atoms with Gasteiger partial charge in [-0.2, -0.15) is 0 Å². The fraction of sp³-hybridized carbons (Fsp3) is 0.462. The van der Waals surface area contributed by atoms with E-state index in [1.54, 1.807) is 19.1 Å². The molecule has 18 heavy (non-hydrogen) atoms. The maximum absolute atomic E-state index is 13.3. The number of halogens is 1. The highest BCUT2D eigenvalue weighted by Crippen LogP contribution is 2.13. The highest BCUT2D eigenvalue weighted by Gasteiger charge is 2.16. The second-order valence-electron chi connectivity index (χ2n) is 4.43. The van der Waals surface area contributed by atoms with Crippen molar-refractivity contribution in [3.05, 3.63) is 29.6 Å². The molecule has 98 valence electrons. The van der Waals surface area contributed by atoms with Gasteiger partial charge in [0.25, 0.3) is 0 Å². The monoisotopic (exact) mass is 252 g/mol. The molecule has 2 N–H and O–H groups in total. The van der Waals surface area contributed by atoms with E-state index < -0.39 is 0 Å². The largest absolute Gasteiger partial charge is 0.376 e. The summed E-state index contributed by atoms with van der Waals surface area (Å²) < 4.78 is 18.7. The van der Waals surface area contributed by atoms with E-state index in [0.29, 0.717) is 17.8 Å². The molecule has 5 heteroatoms. The quantitative estimate of drug-likeness (QED) is 0.868. The van der Waals surface area contributed by atoms with Crippen molar-refractivity contribution in [1.82, 2.24) is 5.32 Å². The zero-order valence-corrected chi connectivity index (χ0v) is 10.3. The molecular formula is C13H17FN2O2. The van der Waals surface area contributed by atoms with Crippen LogP contribution in [-0.2, 0) is 4.74 Å². The number of amides is 2. The fourth-order valence-corrected chi connectivity index (χ4v) is 1.86. The molecule has 1 aromatic rings. The van der Waals surface area contributed by atoms with Gasteiger partial charge >= 0.3 is 6.03 Å². The molecule has 1 heterocycles. The minimum absolute atomic E-state index is 0.102. The van der Waals surface area contributed by atoms with Crippen molar-refractivity contribution in [3.8, 4) is 0 Å². The number of urea groups is 1. The molecule has 4 nitrogen and oxygen atoms in total. The zero-order chi connectivity index (χ0) is 13.0. The zero-order valence-electron chi connectivity index (χ0n) is 10.3. The van der Waals surface area contributed by atoms with E-state index in [-0.39, 0.29) is 18.0 Å². The van der Waals surface area contributed by atoms with Crippen LogP contribution >= 0.6 is 0 Å². The first-order chi connectivity index (χ1) is 8.65. The van der Waals surface area contributed by atoms with Crippen molar-refractivity contribution >= 4 is 11.7 Å². The Labute approximate surface area is 106 Å². The molecule has 1 aromatic carbocycles. The third kappa shape index (κ3) is 3.43. The summed E-state index contributed by atoms with van der Waals surface area (Å²) in [6.07, 6.45) is 2.11. The predicted octanol–water partition coefficient (Wildman–Crippen LogP) is 2.43. The van der Waals surface area contributed by atoms with E-state index in [0.717, 1.165) is 19.4 Å². The van der Waals surface area contributed by atoms with E-state index in [1.807, 2.05) is 0 Å². The lowest BCUT2D eigenvalue weighted by Crippen LogP contribution is -2.35. The van der Waals surface area contributed by atoms with Crippen LogP contribution in [0.4, 0.5) is 14.9 Å². The molecule has 2 amide bonds. The van der Waals surface area contributed by atoms with Crippen molar-refractivity contribution in [2.24, 2.45) is 0 Å². The minimum atomic E-state index is -0.339. The summed E-state index contributed by atoms with van der Waals surface area (Å²) in [7, 11) is 0. The molecule has 0 spiro atoms. The summed E-state index contributed by atoms with van der Waals surface area (Å²) in [5.74, 6) is -0.327. The van der Waals surface area contributed by atoms with Crippen molar-refractivity contribution in [1.29, 1.82) is 0 Å². The van der Waals surface area contributed by atoms with Gasteiger partial charge in [-0.15, -0.1) is 0 Å². The third-order valence-corrected chi connectivity index (χ3v) is 2.94. The van der Waals surface area contributed by atoms with Crippen LogP contribution in [0.3, 0.4) is 0 Å². The average molecular weight is 252 g/mol. The molecule has 0 bridgehead atoms. The fourth-order valence-electron chi connectivity index (χ4n) is 1.86. The van der Waals surface area contributed by atoms with Crippen LogP contribution in [0.1, 0.15) is 18.4 Å². The normalized spacial score (nSPS) is 18.7. The number of nitrogens with one attached hydrogen (secondary N) is 2. The van der Waals surface area contributed by atoms with Crippen molar-refractivity contribution in [2.75, 3.05) is 18.5 Å². The van der Waals surface area contributed by atoms with Gasteiger partial charge in [0.05, 0.1) is 6.10 Å². The van der Waals surface area contributed by atoms with Gasteiger partial charge in [-0.1, -0.05) is 6.07 Å². The molecule has 1 atom stereocenters. The Bertz CT molecular complexity index is 431. The van der Waals surface area contributed by atoms with Crippen molar-refractivity contribution in [2.45, 2.75) is 25.9 Å². The van der Waals surface area contributed by atoms with Gasteiger partial charge < -0.3 is 15.4 Å². The number of carbonyl (C=O) groups excluding carboxylic acids is 1. The van der Waals surface area contributed by atoms with Gasteiger partial charge in [0, 0.05) is 18.8 Å². The molecule has 1 saturated heterocycles. The standard InChI is InChI=1S/C13H17FN2O2/c1-9-4-5-10(7-12(9)14)16-13(17)15-8-11-3-2-6-18-11/h4-5,7,11H,2-3,6,8H2,1H3,(H2,15,16,17). The van der Waals surface area contributed by atoms with E-state index >= 15 is 0 Å². The lowest BCUT2D eigenvalue weighted by molar-refractivity contribution is 0.112. The van der Waals surface area contributed by atoms with Crippen LogP contribution in [0.2, 0.25) is 0 Å². The molecule has 0 aromatic heterocycles. The first kappa shape index (κ1) is 12.8. The summed E-state index contributed by atoms with van der Waals surface area (Å²) in [6.45, 7) is 2.92. The van der Waals surface area contributed by atoms with Crippen LogP contribution in [0.5, 0.6) is 0 Å². The Morgan fingerprint density at radius 3 is 3.06 bits per heavy atom. The van der Waals surface area contributed by atoms with Crippen LogP contribution in [0.15, 0.2) is 18.2 Å². The van der Waals surface area contributed by atoms with Crippen molar-refractivity contribution in [3.63, 3.8) is 0 Å². The maximum Gasteiger partial charge on any atom is 0.319 e. The molecule has 1 aliphatic heterocycles. The second-order valence-corrected chi connectivity index (χ2v) is 4.43. The number of ether oxygens (including phenoxy) is 1. The van der Waals surface area contributed by atoms with Crippen LogP contribution in [0, 0.1) is 12.7 Å². The summed E-state index contributed by atoms with van der Waals surface area (Å²) in [5, 5.41) is 5.30. The number of hydrogen-bond acceptors (Lipinski definition) is 2. The number of rotatable bonds is 3. The van der Waals surface area contributed by atoms with Gasteiger partial charge in [-0.3, -0.25) is 0 Å². The third-order valence-electron chi connectivity index (χ3n) is 2.94. The first-order valence-corrected chi connectivity index (χ1v) is 6.08. The average Bonchev–Trinajstić information content (AvgIpc) is 2.84. The van der Waals surface area contributed by atoms with Gasteiger partial charge in [0.2, 0.25) is 0 Å². The Morgan fingerprint density at radius 1 is 1.56 bits per heavy atom. The smallest absolute Gasteiger partial charge is 0.319 e. The summed E-state index contributed by atoms with van der Waals surface area (Å²) in [6, 6.07) is 4.27. The van der Waals surface area contributed by atoms with Crippen LogP contribution in [0.25, 0.3) is 0 Å². The minimum Gasteiger partial charge on any atom is -0.376 e. The van der Waals surface area contributed by atoms with Gasteiger partial charge in [-0.25, -0.2) is 9.18 Å². The molecule has 1 unspecified atom stereocenters. The van der Waals surface area contributed by atoms with Gasteiger partial charge in [-0.05, 0) is 37.5 Å². The molecule has 1 aliphatic rings. The Balaban J connectivity index is 1.80. The maximum atomic E-state index is 13.3. The van der Waals surface area contributed by atoms with Gasteiger partial charge in [0.15, 0.2) is 0 Å². The molecule has 1 fully saturated rings. The van der Waals surface area contributed by atoms with E-state index in [4.69, 9.17) is 4.74 Å². The number of benzene rings is 1. The summed E-state index contributed by atoms with van der Waals surface area (Å²) in [5.41, 5.74) is 1.00. The van der Waals surface area contributed by atoms with E-state index in [9.17, 15) is 9.18 Å². The summed E-state index contributed by atoms with van der Waals surface area (Å²) in [4.78, 5) is 11.6. The van der Waals surface area contributed by atoms with Crippen LogP contribution in [-0.4, -0.2) is 25.3 Å². The number of carbonyl (C=O) groups is 1. The molecule has 2 rings (SSSR count). The Kier molecular flexibility index (Phi) is 4.15. The van der Waals surface area contributed by atoms with Crippen LogP contribution < -0.4 is 10.6 Å². The van der Waals surface area contributed by atoms with E-state index in [2.05, 4.69) is 10.6 Å². The molecule has 0 aliphatic carbocycles. The highest BCUT2D eigenvalue weighted by atomic mass is 19.1. The topological polar surface area (TPSA) is 50.4 Å². The van der Waals surface area contributed by atoms with E-state index in [1.165, 1.54) is 6.07 Å². The van der Waals surface area contributed by atoms with Gasteiger partial charge in [0.1, 0.15) is 5.82 Å². The predicted molar refractivity (Wildman–Crippen MR) is 67.1 cm³/mol. The highest BCUT2D eigenvalue weighted by molar-refractivity contribution is 5.89. The SMILES string of the molecule is Cc1ccc(NC(=O)NCC2CCCO2)cc1F. The Hall–Kier alpha value is -1.62. The lowest BCUT2D eigenvalue weighted by Gasteiger charge is -2.12. The number of anilines is 1. The number of hydrogen-bond donors (Lipinski definition) is 2. The molecule has 0 saturated carbocycles.